The van der Waals surface area contributed by atoms with Crippen molar-refractivity contribution in [2.75, 3.05) is 7.11 Å². The van der Waals surface area contributed by atoms with Crippen LogP contribution in [-0.4, -0.2) is 35.2 Å². The maximum atomic E-state index is 12.5. The van der Waals surface area contributed by atoms with Gasteiger partial charge < -0.3 is 14.6 Å². The van der Waals surface area contributed by atoms with E-state index in [2.05, 4.69) is 0 Å². The highest BCUT2D eigenvalue weighted by atomic mass is 16.6. The van der Waals surface area contributed by atoms with E-state index in [1.54, 1.807) is 39.0 Å². The quantitative estimate of drug-likeness (QED) is 0.665. The van der Waals surface area contributed by atoms with E-state index in [1.807, 2.05) is 0 Å². The summed E-state index contributed by atoms with van der Waals surface area (Å²) in [6.45, 7) is 5.08. The van der Waals surface area contributed by atoms with Gasteiger partial charge in [0.15, 0.2) is 0 Å². The molecule has 5 nitrogen and oxygen atoms in total. The zero-order chi connectivity index (χ0) is 15.8. The summed E-state index contributed by atoms with van der Waals surface area (Å²) >= 11 is 0. The number of benzene rings is 1. The van der Waals surface area contributed by atoms with Gasteiger partial charge in [-0.15, -0.1) is 0 Å². The number of aliphatic hydroxyl groups is 1. The van der Waals surface area contributed by atoms with Gasteiger partial charge in [-0.3, -0.25) is 4.79 Å². The lowest BCUT2D eigenvalue weighted by atomic mass is 9.79. The van der Waals surface area contributed by atoms with Crippen LogP contribution in [0, 0.1) is 0 Å². The minimum Gasteiger partial charge on any atom is -0.497 e. The number of methoxy groups -OCH3 is 1. The number of ether oxygens (including phenoxy) is 2. The van der Waals surface area contributed by atoms with E-state index in [0.29, 0.717) is 17.7 Å². The zero-order valence-electron chi connectivity index (χ0n) is 12.7. The van der Waals surface area contributed by atoms with Gasteiger partial charge in [0.1, 0.15) is 11.4 Å². The fourth-order valence-electron chi connectivity index (χ4n) is 2.32. The number of esters is 1. The summed E-state index contributed by atoms with van der Waals surface area (Å²) in [5.41, 5.74) is -1.77. The Morgan fingerprint density at radius 1 is 1.33 bits per heavy atom. The minimum absolute atomic E-state index is 0.0279. The van der Waals surface area contributed by atoms with Crippen molar-refractivity contribution in [1.82, 2.24) is 0 Å². The molecule has 0 fully saturated rings. The second-order valence-corrected chi connectivity index (χ2v) is 6.21. The average molecular weight is 292 g/mol. The van der Waals surface area contributed by atoms with E-state index in [9.17, 15) is 14.7 Å². The number of aryl methyl sites for hydroxylation is 1. The molecule has 21 heavy (non-hydrogen) atoms. The molecule has 1 aliphatic carbocycles. The molecule has 0 radical (unpaired) electrons. The maximum Gasteiger partial charge on any atom is 0.346 e. The molecule has 114 valence electrons. The lowest BCUT2D eigenvalue weighted by molar-refractivity contribution is -0.172. The van der Waals surface area contributed by atoms with Crippen LogP contribution in [0.5, 0.6) is 5.75 Å². The normalized spacial score (nSPS) is 21.7. The Kier molecular flexibility index (Phi) is 3.80. The summed E-state index contributed by atoms with van der Waals surface area (Å²) in [4.78, 5) is 24.7. The monoisotopic (exact) mass is 292 g/mol. The molecule has 5 heteroatoms. The van der Waals surface area contributed by atoms with Crippen LogP contribution < -0.4 is 4.74 Å². The first-order valence-electron chi connectivity index (χ1n) is 6.85. The number of ketones is 1. The molecular formula is C16H20O5. The molecule has 0 saturated carbocycles. The predicted molar refractivity (Wildman–Crippen MR) is 76.4 cm³/mol. The van der Waals surface area contributed by atoms with Gasteiger partial charge in [0.25, 0.3) is 0 Å². The molecule has 0 aromatic heterocycles. The van der Waals surface area contributed by atoms with Crippen LogP contribution in [0.15, 0.2) is 18.2 Å². The van der Waals surface area contributed by atoms with Crippen LogP contribution in [0.4, 0.5) is 0 Å². The molecule has 1 N–H and O–H groups in total. The smallest absolute Gasteiger partial charge is 0.346 e. The summed E-state index contributed by atoms with van der Waals surface area (Å²) in [7, 11) is 1.50. The fourth-order valence-corrected chi connectivity index (χ4v) is 2.32. The van der Waals surface area contributed by atoms with Crippen LogP contribution in [0.25, 0.3) is 0 Å². The fraction of sp³-hybridized carbons (Fsp3) is 0.500. The third kappa shape index (κ3) is 2.93. The van der Waals surface area contributed by atoms with E-state index in [4.69, 9.17) is 9.47 Å². The molecule has 2 rings (SSSR count). The van der Waals surface area contributed by atoms with E-state index in [-0.39, 0.29) is 6.42 Å². The van der Waals surface area contributed by atoms with Crippen LogP contribution in [0.2, 0.25) is 0 Å². The van der Waals surface area contributed by atoms with Crippen LogP contribution in [-0.2, 0) is 16.0 Å². The molecule has 0 spiro atoms. The molecule has 0 saturated heterocycles. The molecule has 0 unspecified atom stereocenters. The second-order valence-electron chi connectivity index (χ2n) is 6.21. The Morgan fingerprint density at radius 2 is 2.00 bits per heavy atom. The van der Waals surface area contributed by atoms with E-state index in [1.165, 1.54) is 7.11 Å². The number of fused-ring (bicyclic) bond motifs is 1. The van der Waals surface area contributed by atoms with Crippen molar-refractivity contribution in [2.45, 2.75) is 44.8 Å². The summed E-state index contributed by atoms with van der Waals surface area (Å²) in [6, 6.07) is 5.08. The SMILES string of the molecule is COc1ccc2c(c1)C(=O)[C@](O)(C(=O)OC(C)(C)C)CC2. The van der Waals surface area contributed by atoms with Gasteiger partial charge in [-0.25, -0.2) is 4.79 Å². The third-order valence-corrected chi connectivity index (χ3v) is 3.43. The third-order valence-electron chi connectivity index (χ3n) is 3.43. The van der Waals surface area contributed by atoms with Crippen LogP contribution in [0.1, 0.15) is 43.1 Å². The first-order chi connectivity index (χ1) is 9.67. The van der Waals surface area contributed by atoms with Gasteiger partial charge in [0.05, 0.1) is 7.11 Å². The molecule has 0 bridgehead atoms. The Bertz CT molecular complexity index is 585. The highest BCUT2D eigenvalue weighted by molar-refractivity contribution is 6.16. The van der Waals surface area contributed by atoms with Crippen molar-refractivity contribution in [1.29, 1.82) is 0 Å². The zero-order valence-corrected chi connectivity index (χ0v) is 12.7. The molecule has 1 aliphatic rings. The number of hydrogen-bond donors (Lipinski definition) is 1. The summed E-state index contributed by atoms with van der Waals surface area (Å²) in [6.07, 6.45) is 0.459. The van der Waals surface area contributed by atoms with E-state index in [0.717, 1.165) is 5.56 Å². The Morgan fingerprint density at radius 3 is 2.57 bits per heavy atom. The first-order valence-corrected chi connectivity index (χ1v) is 6.85. The van der Waals surface area contributed by atoms with Crippen molar-refractivity contribution < 1.29 is 24.2 Å². The highest BCUT2D eigenvalue weighted by Gasteiger charge is 2.49. The number of Topliss-reactive ketones (excluding diaryl/α,β-unsaturated/α-hetero) is 1. The van der Waals surface area contributed by atoms with Gasteiger partial charge in [0, 0.05) is 5.56 Å². The number of hydrogen-bond acceptors (Lipinski definition) is 5. The van der Waals surface area contributed by atoms with E-state index >= 15 is 0 Å². The first kappa shape index (κ1) is 15.5. The molecule has 1 aromatic rings. The van der Waals surface area contributed by atoms with Gasteiger partial charge in [0.2, 0.25) is 11.4 Å². The largest absolute Gasteiger partial charge is 0.497 e. The second kappa shape index (κ2) is 5.15. The van der Waals surface area contributed by atoms with Crippen molar-refractivity contribution in [3.8, 4) is 5.75 Å². The molecule has 0 heterocycles. The highest BCUT2D eigenvalue weighted by Crippen LogP contribution is 2.33. The van der Waals surface area contributed by atoms with Crippen LogP contribution in [0.3, 0.4) is 0 Å². The standard InChI is InChI=1S/C16H20O5/c1-15(2,3)21-14(18)16(19)8-7-10-5-6-11(20-4)9-12(10)13(16)17/h5-6,9,19H,7-8H2,1-4H3/t16-/m0/s1. The molecular weight excluding hydrogens is 272 g/mol. The van der Waals surface area contributed by atoms with Gasteiger partial charge in [-0.1, -0.05) is 6.07 Å². The van der Waals surface area contributed by atoms with Crippen molar-refractivity contribution >= 4 is 11.8 Å². The summed E-state index contributed by atoms with van der Waals surface area (Å²) < 4.78 is 10.3. The molecule has 1 atom stereocenters. The number of carbonyl (C=O) groups is 2. The van der Waals surface area contributed by atoms with Gasteiger partial charge >= 0.3 is 5.97 Å². The molecule has 1 aromatic carbocycles. The lowest BCUT2D eigenvalue weighted by Gasteiger charge is -2.32. The number of carbonyl (C=O) groups excluding carboxylic acids is 2. The predicted octanol–water partition coefficient (Wildman–Crippen LogP) is 1.90. The number of rotatable bonds is 2. The molecule has 0 amide bonds. The van der Waals surface area contributed by atoms with Crippen molar-refractivity contribution in [3.05, 3.63) is 29.3 Å². The lowest BCUT2D eigenvalue weighted by Crippen LogP contribution is -2.52. The van der Waals surface area contributed by atoms with Gasteiger partial charge in [-0.2, -0.15) is 0 Å². The Balaban J connectivity index is 2.36. The maximum absolute atomic E-state index is 12.5. The van der Waals surface area contributed by atoms with E-state index < -0.39 is 23.0 Å². The van der Waals surface area contributed by atoms with Gasteiger partial charge in [-0.05, 0) is 51.3 Å². The van der Waals surface area contributed by atoms with Crippen molar-refractivity contribution in [3.63, 3.8) is 0 Å². The Labute approximate surface area is 123 Å². The average Bonchev–Trinajstić information content (AvgIpc) is 2.41. The van der Waals surface area contributed by atoms with Crippen molar-refractivity contribution in [2.24, 2.45) is 0 Å². The minimum atomic E-state index is -2.12. The molecule has 0 aliphatic heterocycles. The topological polar surface area (TPSA) is 72.8 Å². The Hall–Kier alpha value is -1.88. The summed E-state index contributed by atoms with van der Waals surface area (Å²) in [5.74, 6) is -1.01. The van der Waals surface area contributed by atoms with Crippen LogP contribution >= 0.6 is 0 Å². The summed E-state index contributed by atoms with van der Waals surface area (Å²) in [5, 5.41) is 10.5.